The Balaban J connectivity index is 2.77. The van der Waals surface area contributed by atoms with Gasteiger partial charge in [0.2, 0.25) is 0 Å². The molecular formula is C10H13O. The lowest BCUT2D eigenvalue weighted by Gasteiger charge is -2.12. The molecule has 59 valence electrons. The van der Waals surface area contributed by atoms with Crippen LogP contribution in [0.3, 0.4) is 0 Å². The highest BCUT2D eigenvalue weighted by molar-refractivity contribution is 5.19. The summed E-state index contributed by atoms with van der Waals surface area (Å²) >= 11 is 0. The molecule has 0 aromatic heterocycles. The summed E-state index contributed by atoms with van der Waals surface area (Å²) in [7, 11) is 0. The Morgan fingerprint density at radius 2 is 1.64 bits per heavy atom. The summed E-state index contributed by atoms with van der Waals surface area (Å²) in [5.74, 6) is 0.121. The maximum atomic E-state index is 11.0. The molecule has 0 aliphatic carbocycles. The van der Waals surface area contributed by atoms with Crippen LogP contribution in [0.5, 0.6) is 0 Å². The minimum Gasteiger partial charge on any atom is -0.233 e. The molecular weight excluding hydrogens is 136 g/mol. The smallest absolute Gasteiger partial charge is 0.0967 e. The van der Waals surface area contributed by atoms with Crippen LogP contribution in [0, 0.1) is 0 Å². The van der Waals surface area contributed by atoms with Crippen molar-refractivity contribution >= 4 is 0 Å². The van der Waals surface area contributed by atoms with Gasteiger partial charge in [-0.3, -0.25) is 0 Å². The van der Waals surface area contributed by atoms with Crippen molar-refractivity contribution in [3.63, 3.8) is 0 Å². The summed E-state index contributed by atoms with van der Waals surface area (Å²) in [5, 5.41) is 11.0. The molecule has 0 N–H and O–H groups in total. The lowest BCUT2D eigenvalue weighted by atomic mass is 9.97. The molecule has 1 radical (unpaired) electrons. The number of rotatable bonds is 2. The molecule has 0 heterocycles. The summed E-state index contributed by atoms with van der Waals surface area (Å²) in [6.45, 7) is 3.67. The van der Waals surface area contributed by atoms with Gasteiger partial charge in [0.15, 0.2) is 0 Å². The van der Waals surface area contributed by atoms with E-state index >= 15 is 0 Å². The summed E-state index contributed by atoms with van der Waals surface area (Å²) in [6.07, 6.45) is -0.516. The van der Waals surface area contributed by atoms with E-state index in [1.807, 2.05) is 37.3 Å². The van der Waals surface area contributed by atoms with Crippen molar-refractivity contribution in [2.75, 3.05) is 0 Å². The predicted molar refractivity (Wildman–Crippen MR) is 45.0 cm³/mol. The molecule has 0 fully saturated rings. The van der Waals surface area contributed by atoms with Gasteiger partial charge in [0.05, 0.1) is 6.10 Å². The maximum absolute atomic E-state index is 11.0. The highest BCUT2D eigenvalue weighted by atomic mass is 16.3. The monoisotopic (exact) mass is 149 g/mol. The van der Waals surface area contributed by atoms with E-state index in [1.54, 1.807) is 6.92 Å². The molecule has 1 aromatic carbocycles. The van der Waals surface area contributed by atoms with E-state index in [4.69, 9.17) is 0 Å². The van der Waals surface area contributed by atoms with Crippen LogP contribution >= 0.6 is 0 Å². The highest BCUT2D eigenvalue weighted by Gasteiger charge is 2.11. The second-order valence-electron chi connectivity index (χ2n) is 2.90. The van der Waals surface area contributed by atoms with Crippen molar-refractivity contribution in [2.24, 2.45) is 0 Å². The van der Waals surface area contributed by atoms with Gasteiger partial charge in [-0.15, -0.1) is 0 Å². The Bertz CT molecular complexity index is 203. The molecule has 1 aromatic rings. The second-order valence-corrected chi connectivity index (χ2v) is 2.90. The molecule has 0 aliphatic rings. The van der Waals surface area contributed by atoms with Gasteiger partial charge in [0.25, 0.3) is 0 Å². The standard InChI is InChI=1S/C10H13O/c1-8(9(2)11)10-6-4-3-5-7-10/h3-9H,1-2H3. The fraction of sp³-hybridized carbons (Fsp3) is 0.400. The van der Waals surface area contributed by atoms with Crippen molar-refractivity contribution in [3.05, 3.63) is 35.9 Å². The summed E-state index contributed by atoms with van der Waals surface area (Å²) in [5.41, 5.74) is 1.13. The van der Waals surface area contributed by atoms with Gasteiger partial charge in [-0.05, 0) is 12.5 Å². The molecule has 0 spiro atoms. The largest absolute Gasteiger partial charge is 0.233 e. The first kappa shape index (κ1) is 8.28. The van der Waals surface area contributed by atoms with Gasteiger partial charge >= 0.3 is 0 Å². The normalized spacial score (nSPS) is 15.9. The van der Waals surface area contributed by atoms with Gasteiger partial charge in [-0.2, -0.15) is 0 Å². The molecule has 2 atom stereocenters. The van der Waals surface area contributed by atoms with Crippen molar-refractivity contribution in [3.8, 4) is 0 Å². The molecule has 1 rings (SSSR count). The van der Waals surface area contributed by atoms with Gasteiger partial charge in [0, 0.05) is 5.92 Å². The Morgan fingerprint density at radius 3 is 2.09 bits per heavy atom. The lowest BCUT2D eigenvalue weighted by Crippen LogP contribution is -2.08. The van der Waals surface area contributed by atoms with Crippen LogP contribution in [-0.2, 0) is 5.11 Å². The molecule has 1 heteroatoms. The first-order valence-corrected chi connectivity index (χ1v) is 3.92. The Kier molecular flexibility index (Phi) is 2.66. The quantitative estimate of drug-likeness (QED) is 0.616. The molecule has 0 amide bonds. The molecule has 1 nitrogen and oxygen atoms in total. The molecule has 0 bridgehead atoms. The fourth-order valence-electron chi connectivity index (χ4n) is 1.03. The fourth-order valence-corrected chi connectivity index (χ4v) is 1.03. The van der Waals surface area contributed by atoms with Gasteiger partial charge in [-0.1, -0.05) is 37.3 Å². The Hall–Kier alpha value is -0.820. The first-order chi connectivity index (χ1) is 5.22. The van der Waals surface area contributed by atoms with Crippen LogP contribution in [0.4, 0.5) is 0 Å². The van der Waals surface area contributed by atoms with Gasteiger partial charge < -0.3 is 0 Å². The van der Waals surface area contributed by atoms with E-state index in [1.165, 1.54) is 0 Å². The minimum atomic E-state index is -0.516. The van der Waals surface area contributed by atoms with Crippen molar-refractivity contribution in [1.29, 1.82) is 0 Å². The molecule has 11 heavy (non-hydrogen) atoms. The zero-order valence-corrected chi connectivity index (χ0v) is 6.95. The third-order valence-electron chi connectivity index (χ3n) is 2.03. The van der Waals surface area contributed by atoms with Crippen molar-refractivity contribution < 1.29 is 5.11 Å². The van der Waals surface area contributed by atoms with E-state index in [9.17, 15) is 5.11 Å². The van der Waals surface area contributed by atoms with Gasteiger partial charge in [-0.25, -0.2) is 5.11 Å². The van der Waals surface area contributed by atoms with E-state index in [-0.39, 0.29) is 5.92 Å². The van der Waals surface area contributed by atoms with Crippen LogP contribution in [0.25, 0.3) is 0 Å². The van der Waals surface area contributed by atoms with Crippen LogP contribution in [0.1, 0.15) is 25.3 Å². The van der Waals surface area contributed by atoms with Gasteiger partial charge in [0.1, 0.15) is 0 Å². The summed E-state index contributed by atoms with van der Waals surface area (Å²) in [4.78, 5) is 0. The highest BCUT2D eigenvalue weighted by Crippen LogP contribution is 2.18. The van der Waals surface area contributed by atoms with Crippen LogP contribution in [-0.4, -0.2) is 6.10 Å². The third-order valence-corrected chi connectivity index (χ3v) is 2.03. The van der Waals surface area contributed by atoms with Crippen molar-refractivity contribution in [1.82, 2.24) is 0 Å². The lowest BCUT2D eigenvalue weighted by molar-refractivity contribution is 0.0853. The molecule has 2 unspecified atom stereocenters. The van der Waals surface area contributed by atoms with E-state index in [2.05, 4.69) is 0 Å². The molecule has 0 aliphatic heterocycles. The second kappa shape index (κ2) is 3.54. The average molecular weight is 149 g/mol. The topological polar surface area (TPSA) is 19.9 Å². The minimum absolute atomic E-state index is 0.121. The van der Waals surface area contributed by atoms with E-state index < -0.39 is 6.10 Å². The summed E-state index contributed by atoms with van der Waals surface area (Å²) in [6, 6.07) is 9.90. The predicted octanol–water partition coefficient (Wildman–Crippen LogP) is 2.61. The average Bonchev–Trinajstić information content (AvgIpc) is 2.05. The van der Waals surface area contributed by atoms with Crippen molar-refractivity contribution in [2.45, 2.75) is 25.9 Å². The van der Waals surface area contributed by atoms with Crippen LogP contribution in [0.15, 0.2) is 30.3 Å². The zero-order valence-electron chi connectivity index (χ0n) is 6.95. The van der Waals surface area contributed by atoms with Crippen LogP contribution in [0.2, 0.25) is 0 Å². The number of hydrogen-bond donors (Lipinski definition) is 0. The Labute approximate surface area is 67.7 Å². The van der Waals surface area contributed by atoms with E-state index in [0.29, 0.717) is 0 Å². The van der Waals surface area contributed by atoms with Crippen LogP contribution < -0.4 is 0 Å². The van der Waals surface area contributed by atoms with E-state index in [0.717, 1.165) is 5.56 Å². The number of hydrogen-bond acceptors (Lipinski definition) is 0. The number of benzene rings is 1. The third kappa shape index (κ3) is 2.05. The summed E-state index contributed by atoms with van der Waals surface area (Å²) < 4.78 is 0. The molecule has 0 saturated heterocycles. The SMILES string of the molecule is CC([O])C(C)c1ccccc1. The molecule has 0 saturated carbocycles. The first-order valence-electron chi connectivity index (χ1n) is 3.92. The zero-order chi connectivity index (χ0) is 8.27. The Morgan fingerprint density at radius 1 is 1.09 bits per heavy atom. The maximum Gasteiger partial charge on any atom is 0.0967 e.